The zero-order valence-electron chi connectivity index (χ0n) is 15.0. The largest absolute Gasteiger partial charge is 0.492 e. The Labute approximate surface area is 139 Å². The first-order chi connectivity index (χ1) is 10.4. The number of ether oxygens (including phenoxy) is 3. The van der Waals surface area contributed by atoms with Gasteiger partial charge in [0.25, 0.3) is 0 Å². The Morgan fingerprint density at radius 3 is 2.17 bits per heavy atom. The lowest BCUT2D eigenvalue weighted by atomic mass is 10.1. The molecule has 0 radical (unpaired) electrons. The molecule has 0 spiro atoms. The molecular formula is C16H28O6Si. The van der Waals surface area contributed by atoms with Crippen molar-refractivity contribution in [2.24, 2.45) is 0 Å². The molecule has 0 saturated carbocycles. The van der Waals surface area contributed by atoms with E-state index >= 15 is 0 Å². The van der Waals surface area contributed by atoms with Gasteiger partial charge in [0.2, 0.25) is 0 Å². The normalized spacial score (nSPS) is 24.7. The first kappa shape index (κ1) is 19.7. The molecule has 132 valence electrons. The van der Waals surface area contributed by atoms with Crippen LogP contribution >= 0.6 is 0 Å². The minimum absolute atomic E-state index is 0.0592. The average molecular weight is 344 g/mol. The first-order valence-electron chi connectivity index (χ1n) is 7.74. The lowest BCUT2D eigenvalue weighted by Gasteiger charge is -2.39. The molecule has 0 amide bonds. The van der Waals surface area contributed by atoms with Crippen molar-refractivity contribution in [2.45, 2.75) is 71.1 Å². The van der Waals surface area contributed by atoms with E-state index in [1.54, 1.807) is 6.08 Å². The summed E-state index contributed by atoms with van der Waals surface area (Å²) in [6.07, 6.45) is 1.14. The molecule has 0 saturated heterocycles. The summed E-state index contributed by atoms with van der Waals surface area (Å²) in [5, 5.41) is 0.0592. The van der Waals surface area contributed by atoms with Crippen molar-refractivity contribution in [3.8, 4) is 0 Å². The third-order valence-electron chi connectivity index (χ3n) is 4.23. The molecule has 1 heterocycles. The van der Waals surface area contributed by atoms with Crippen molar-refractivity contribution in [2.75, 3.05) is 6.61 Å². The maximum Gasteiger partial charge on any atom is 0.303 e. The van der Waals surface area contributed by atoms with Gasteiger partial charge in [-0.1, -0.05) is 20.8 Å². The number of hydrogen-bond donors (Lipinski definition) is 0. The van der Waals surface area contributed by atoms with Crippen molar-refractivity contribution >= 4 is 20.3 Å². The monoisotopic (exact) mass is 344 g/mol. The summed E-state index contributed by atoms with van der Waals surface area (Å²) in [5.41, 5.74) is 0. The maximum absolute atomic E-state index is 11.4. The molecule has 0 aromatic carbocycles. The molecule has 1 rings (SSSR count). The summed E-state index contributed by atoms with van der Waals surface area (Å²) < 4.78 is 22.2. The SMILES string of the molecule is CC(=O)O[C@@H]1[C@H](OC(C)=O)C=CO[C@@H]1CO[Si](C)(C)C(C)(C)C. The minimum atomic E-state index is -1.96. The van der Waals surface area contributed by atoms with Crippen LogP contribution in [0.15, 0.2) is 12.3 Å². The third-order valence-corrected chi connectivity index (χ3v) is 8.73. The van der Waals surface area contributed by atoms with E-state index in [0.29, 0.717) is 0 Å². The highest BCUT2D eigenvalue weighted by atomic mass is 28.4. The van der Waals surface area contributed by atoms with Gasteiger partial charge in [-0.2, -0.15) is 0 Å². The van der Waals surface area contributed by atoms with Gasteiger partial charge in [0.15, 0.2) is 26.6 Å². The fraction of sp³-hybridized carbons (Fsp3) is 0.750. The summed E-state index contributed by atoms with van der Waals surface area (Å²) >= 11 is 0. The Hall–Kier alpha value is -1.34. The first-order valence-corrected chi connectivity index (χ1v) is 10.7. The number of carbonyl (C=O) groups excluding carboxylic acids is 2. The van der Waals surface area contributed by atoms with Crippen LogP contribution in [0.4, 0.5) is 0 Å². The molecule has 0 N–H and O–H groups in total. The van der Waals surface area contributed by atoms with E-state index in [4.69, 9.17) is 18.6 Å². The Morgan fingerprint density at radius 1 is 1.13 bits per heavy atom. The molecule has 6 nitrogen and oxygen atoms in total. The molecule has 7 heteroatoms. The van der Waals surface area contributed by atoms with Crippen LogP contribution in [0, 0.1) is 0 Å². The molecule has 23 heavy (non-hydrogen) atoms. The second-order valence-corrected chi connectivity index (χ2v) is 12.0. The molecule has 0 aliphatic carbocycles. The van der Waals surface area contributed by atoms with E-state index < -0.39 is 38.6 Å². The Morgan fingerprint density at radius 2 is 1.70 bits per heavy atom. The quantitative estimate of drug-likeness (QED) is 0.564. The second kappa shape index (κ2) is 7.48. The van der Waals surface area contributed by atoms with Crippen LogP contribution < -0.4 is 0 Å². The Balaban J connectivity index is 2.84. The molecule has 3 atom stereocenters. The van der Waals surface area contributed by atoms with Crippen LogP contribution in [0.2, 0.25) is 18.1 Å². The lowest BCUT2D eigenvalue weighted by molar-refractivity contribution is -0.175. The van der Waals surface area contributed by atoms with E-state index in [-0.39, 0.29) is 11.6 Å². The van der Waals surface area contributed by atoms with Gasteiger partial charge in [0.05, 0.1) is 12.9 Å². The van der Waals surface area contributed by atoms with Gasteiger partial charge in [-0.05, 0) is 24.2 Å². The second-order valence-electron chi connectivity index (χ2n) is 7.22. The molecule has 1 aliphatic heterocycles. The highest BCUT2D eigenvalue weighted by Gasteiger charge is 2.41. The van der Waals surface area contributed by atoms with Gasteiger partial charge in [-0.3, -0.25) is 9.59 Å². The van der Waals surface area contributed by atoms with Gasteiger partial charge in [0, 0.05) is 13.8 Å². The van der Waals surface area contributed by atoms with Crippen LogP contribution in [0.1, 0.15) is 34.6 Å². The number of esters is 2. The fourth-order valence-electron chi connectivity index (χ4n) is 1.90. The maximum atomic E-state index is 11.4. The number of rotatable bonds is 5. The summed E-state index contributed by atoms with van der Waals surface area (Å²) in [7, 11) is -1.96. The summed E-state index contributed by atoms with van der Waals surface area (Å²) in [5.74, 6) is -0.897. The Kier molecular flexibility index (Phi) is 6.41. The van der Waals surface area contributed by atoms with Crippen LogP contribution in [0.25, 0.3) is 0 Å². The highest BCUT2D eigenvalue weighted by molar-refractivity contribution is 6.74. The smallest absolute Gasteiger partial charge is 0.303 e. The fourth-order valence-corrected chi connectivity index (χ4v) is 2.91. The van der Waals surface area contributed by atoms with Crippen LogP contribution in [0.5, 0.6) is 0 Å². The molecule has 0 bridgehead atoms. The standard InChI is InChI=1S/C16H28O6Si/c1-11(17)21-13-8-9-19-14(15(13)22-12(2)18)10-20-23(6,7)16(3,4)5/h8-9,13-15H,10H2,1-7H3/t13-,14-,15-/m1/s1. The van der Waals surface area contributed by atoms with E-state index in [1.165, 1.54) is 20.1 Å². The minimum Gasteiger partial charge on any atom is -0.492 e. The molecule has 0 aromatic rings. The van der Waals surface area contributed by atoms with Crippen molar-refractivity contribution in [1.82, 2.24) is 0 Å². The summed E-state index contributed by atoms with van der Waals surface area (Å²) in [4.78, 5) is 22.6. The lowest BCUT2D eigenvalue weighted by Crippen LogP contribution is -2.50. The Bertz CT molecular complexity index is 466. The highest BCUT2D eigenvalue weighted by Crippen LogP contribution is 2.37. The molecular weight excluding hydrogens is 316 g/mol. The molecule has 1 aliphatic rings. The van der Waals surface area contributed by atoms with Crippen LogP contribution in [0.3, 0.4) is 0 Å². The van der Waals surface area contributed by atoms with Gasteiger partial charge >= 0.3 is 11.9 Å². The summed E-state index contributed by atoms with van der Waals surface area (Å²) in [6.45, 7) is 13.6. The molecule has 0 aromatic heterocycles. The van der Waals surface area contributed by atoms with Crippen LogP contribution in [-0.4, -0.2) is 45.2 Å². The zero-order chi connectivity index (χ0) is 17.8. The predicted octanol–water partition coefficient (Wildman–Crippen LogP) is 2.78. The van der Waals surface area contributed by atoms with Gasteiger partial charge in [-0.25, -0.2) is 0 Å². The van der Waals surface area contributed by atoms with Crippen LogP contribution in [-0.2, 0) is 28.2 Å². The van der Waals surface area contributed by atoms with E-state index in [2.05, 4.69) is 33.9 Å². The van der Waals surface area contributed by atoms with Crippen molar-refractivity contribution in [3.63, 3.8) is 0 Å². The topological polar surface area (TPSA) is 71.1 Å². The van der Waals surface area contributed by atoms with E-state index in [1.807, 2.05) is 0 Å². The third kappa shape index (κ3) is 5.66. The van der Waals surface area contributed by atoms with Gasteiger partial charge < -0.3 is 18.6 Å². The van der Waals surface area contributed by atoms with Crippen molar-refractivity contribution < 1.29 is 28.2 Å². The number of carbonyl (C=O) groups is 2. The number of hydrogen-bond acceptors (Lipinski definition) is 6. The van der Waals surface area contributed by atoms with Crippen molar-refractivity contribution in [3.05, 3.63) is 12.3 Å². The zero-order valence-corrected chi connectivity index (χ0v) is 16.0. The van der Waals surface area contributed by atoms with E-state index in [9.17, 15) is 9.59 Å². The summed E-state index contributed by atoms with van der Waals surface area (Å²) in [6, 6.07) is 0. The predicted molar refractivity (Wildman–Crippen MR) is 88.3 cm³/mol. The van der Waals surface area contributed by atoms with Gasteiger partial charge in [-0.15, -0.1) is 0 Å². The average Bonchev–Trinajstić information content (AvgIpc) is 2.36. The van der Waals surface area contributed by atoms with E-state index in [0.717, 1.165) is 0 Å². The molecule has 0 unspecified atom stereocenters. The molecule has 0 fully saturated rings. The van der Waals surface area contributed by atoms with Crippen molar-refractivity contribution in [1.29, 1.82) is 0 Å². The van der Waals surface area contributed by atoms with Gasteiger partial charge in [0.1, 0.15) is 0 Å².